The van der Waals surface area contributed by atoms with Gasteiger partial charge in [-0.1, -0.05) is 253 Å². The fourth-order valence-electron chi connectivity index (χ4n) is 8.05. The van der Waals surface area contributed by atoms with E-state index in [0.717, 1.165) is 75.5 Å². The highest BCUT2D eigenvalue weighted by molar-refractivity contribution is 5.71. The number of rotatable bonds is 47. The van der Waals surface area contributed by atoms with E-state index in [1.807, 2.05) is 0 Å². The van der Waals surface area contributed by atoms with Crippen molar-refractivity contribution in [2.75, 3.05) is 13.2 Å². The molecule has 2 unspecified atom stereocenters. The monoisotopic (exact) mass is 849 g/mol. The first-order chi connectivity index (χ1) is 29.2. The molecular formula is C54H104O6. The molecule has 0 N–H and O–H groups in total. The molecule has 60 heavy (non-hydrogen) atoms. The predicted octanol–water partition coefficient (Wildman–Crippen LogP) is 17.2. The molecule has 0 fully saturated rings. The Bertz CT molecular complexity index is 933. The minimum absolute atomic E-state index is 0.0649. The molecule has 0 aliphatic rings. The largest absolute Gasteiger partial charge is 0.462 e. The average molecular weight is 849 g/mol. The van der Waals surface area contributed by atoms with E-state index >= 15 is 0 Å². The van der Waals surface area contributed by atoms with Gasteiger partial charge in [-0.3, -0.25) is 14.4 Å². The van der Waals surface area contributed by atoms with Gasteiger partial charge in [-0.2, -0.15) is 0 Å². The van der Waals surface area contributed by atoms with Gasteiger partial charge >= 0.3 is 17.9 Å². The molecule has 0 rings (SSSR count). The maximum atomic E-state index is 12.8. The summed E-state index contributed by atoms with van der Waals surface area (Å²) in [7, 11) is 0. The molecule has 0 aliphatic heterocycles. The molecule has 0 aromatic carbocycles. The summed E-state index contributed by atoms with van der Waals surface area (Å²) in [6.07, 6.45) is 45.1. The molecule has 0 radical (unpaired) electrons. The lowest BCUT2D eigenvalue weighted by Gasteiger charge is -2.18. The topological polar surface area (TPSA) is 78.9 Å². The second-order valence-corrected chi connectivity index (χ2v) is 19.5. The highest BCUT2D eigenvalue weighted by atomic mass is 16.6. The van der Waals surface area contributed by atoms with Gasteiger partial charge in [0.2, 0.25) is 0 Å². The quantitative estimate of drug-likeness (QED) is 0.0345. The first-order valence-electron chi connectivity index (χ1n) is 26.7. The second kappa shape index (κ2) is 45.4. The molecule has 0 aliphatic carbocycles. The summed E-state index contributed by atoms with van der Waals surface area (Å²) in [4.78, 5) is 38.0. The van der Waals surface area contributed by atoms with Crippen molar-refractivity contribution >= 4 is 17.9 Å². The van der Waals surface area contributed by atoms with Gasteiger partial charge in [0.1, 0.15) is 13.2 Å². The van der Waals surface area contributed by atoms with E-state index in [9.17, 15) is 14.4 Å². The van der Waals surface area contributed by atoms with Crippen LogP contribution in [-0.2, 0) is 28.6 Å². The third kappa shape index (κ3) is 44.5. The minimum atomic E-state index is -0.763. The summed E-state index contributed by atoms with van der Waals surface area (Å²) in [6.45, 7) is 13.8. The first kappa shape index (κ1) is 58.4. The number of carbonyl (C=O) groups is 3. The number of hydrogen-bond donors (Lipinski definition) is 0. The Morgan fingerprint density at radius 1 is 0.333 bits per heavy atom. The van der Waals surface area contributed by atoms with E-state index in [-0.39, 0.29) is 31.1 Å². The van der Waals surface area contributed by atoms with E-state index in [2.05, 4.69) is 41.5 Å². The van der Waals surface area contributed by atoms with Crippen LogP contribution in [0.3, 0.4) is 0 Å². The first-order valence-corrected chi connectivity index (χ1v) is 26.7. The zero-order valence-corrected chi connectivity index (χ0v) is 41.3. The van der Waals surface area contributed by atoms with Gasteiger partial charge in [-0.15, -0.1) is 0 Å². The highest BCUT2D eigenvalue weighted by Gasteiger charge is 2.19. The van der Waals surface area contributed by atoms with Gasteiger partial charge in [0.25, 0.3) is 0 Å². The number of esters is 3. The average Bonchev–Trinajstić information content (AvgIpc) is 3.23. The molecule has 0 amide bonds. The smallest absolute Gasteiger partial charge is 0.306 e. The molecular weight excluding hydrogens is 745 g/mol. The van der Waals surface area contributed by atoms with Gasteiger partial charge in [0.15, 0.2) is 6.10 Å². The maximum absolute atomic E-state index is 12.8. The standard InChI is InChI=1S/C54H104O6/c1-7-49(5)41-35-29-23-17-13-11-9-10-12-14-18-25-31-37-43-52(55)58-46-51(60-54(57)45-39-33-27-21-20-24-30-36-42-50(6)8-2)47-59-53(56)44-38-32-26-19-15-16-22-28-34-40-48(3)4/h48-51H,7-47H2,1-6H3/t49?,50?,51-/m0/s1. The Hall–Kier alpha value is -1.59. The zero-order chi connectivity index (χ0) is 44.2. The summed E-state index contributed by atoms with van der Waals surface area (Å²) in [5, 5.41) is 0. The fraction of sp³-hybridized carbons (Fsp3) is 0.944. The summed E-state index contributed by atoms with van der Waals surface area (Å²) in [5.74, 6) is 1.70. The molecule has 0 aromatic rings. The van der Waals surface area contributed by atoms with Crippen molar-refractivity contribution in [2.45, 2.75) is 298 Å². The zero-order valence-electron chi connectivity index (χ0n) is 41.3. The van der Waals surface area contributed by atoms with Crippen LogP contribution in [0, 0.1) is 17.8 Å². The van der Waals surface area contributed by atoms with Crippen molar-refractivity contribution < 1.29 is 28.6 Å². The SMILES string of the molecule is CCC(C)CCCCCCCCCCCCCCCCC(=O)OC[C@@H](COC(=O)CCCCCCCCCCCC(C)C)OC(=O)CCCCCCCCCCC(C)CC. The highest BCUT2D eigenvalue weighted by Crippen LogP contribution is 2.18. The van der Waals surface area contributed by atoms with Gasteiger partial charge in [0.05, 0.1) is 0 Å². The van der Waals surface area contributed by atoms with Crippen LogP contribution in [0.1, 0.15) is 292 Å². The summed E-state index contributed by atoms with van der Waals surface area (Å²) < 4.78 is 16.8. The van der Waals surface area contributed by atoms with Gasteiger partial charge in [-0.25, -0.2) is 0 Å². The van der Waals surface area contributed by atoms with Crippen LogP contribution in [0.4, 0.5) is 0 Å². The van der Waals surface area contributed by atoms with Crippen molar-refractivity contribution in [3.8, 4) is 0 Å². The van der Waals surface area contributed by atoms with Crippen molar-refractivity contribution in [3.05, 3.63) is 0 Å². The molecule has 3 atom stereocenters. The Kier molecular flexibility index (Phi) is 44.2. The van der Waals surface area contributed by atoms with Crippen molar-refractivity contribution in [2.24, 2.45) is 17.8 Å². The second-order valence-electron chi connectivity index (χ2n) is 19.5. The normalized spacial score (nSPS) is 13.1. The lowest BCUT2D eigenvalue weighted by Crippen LogP contribution is -2.30. The summed E-state index contributed by atoms with van der Waals surface area (Å²) in [6, 6.07) is 0. The van der Waals surface area contributed by atoms with E-state index in [1.165, 1.54) is 173 Å². The van der Waals surface area contributed by atoms with Gasteiger partial charge in [0, 0.05) is 19.3 Å². The molecule has 6 heteroatoms. The summed E-state index contributed by atoms with van der Waals surface area (Å²) >= 11 is 0. The van der Waals surface area contributed by atoms with Gasteiger partial charge < -0.3 is 14.2 Å². The van der Waals surface area contributed by atoms with E-state index in [1.54, 1.807) is 0 Å². The number of carbonyl (C=O) groups excluding carboxylic acids is 3. The molecule has 0 saturated heterocycles. The van der Waals surface area contributed by atoms with Crippen molar-refractivity contribution in [3.63, 3.8) is 0 Å². The van der Waals surface area contributed by atoms with Crippen LogP contribution in [0.15, 0.2) is 0 Å². The Labute approximate surface area is 374 Å². The molecule has 0 bridgehead atoms. The van der Waals surface area contributed by atoms with Crippen LogP contribution in [0.2, 0.25) is 0 Å². The van der Waals surface area contributed by atoms with Crippen LogP contribution >= 0.6 is 0 Å². The molecule has 0 saturated carbocycles. The Morgan fingerprint density at radius 3 is 0.867 bits per heavy atom. The third-order valence-electron chi connectivity index (χ3n) is 12.9. The number of ether oxygens (including phenoxy) is 3. The Morgan fingerprint density at radius 2 is 0.583 bits per heavy atom. The van der Waals surface area contributed by atoms with Gasteiger partial charge in [-0.05, 0) is 37.0 Å². The van der Waals surface area contributed by atoms with E-state index in [0.29, 0.717) is 19.3 Å². The fourth-order valence-corrected chi connectivity index (χ4v) is 8.05. The Balaban J connectivity index is 4.29. The maximum Gasteiger partial charge on any atom is 0.306 e. The molecule has 6 nitrogen and oxygen atoms in total. The predicted molar refractivity (Wildman–Crippen MR) is 256 cm³/mol. The van der Waals surface area contributed by atoms with E-state index in [4.69, 9.17) is 14.2 Å². The molecule has 356 valence electrons. The summed E-state index contributed by atoms with van der Waals surface area (Å²) in [5.41, 5.74) is 0. The number of unbranched alkanes of at least 4 members (excludes halogenated alkanes) is 28. The van der Waals surface area contributed by atoms with Crippen LogP contribution < -0.4 is 0 Å². The van der Waals surface area contributed by atoms with Crippen LogP contribution in [-0.4, -0.2) is 37.2 Å². The molecule has 0 spiro atoms. The third-order valence-corrected chi connectivity index (χ3v) is 12.9. The lowest BCUT2D eigenvalue weighted by molar-refractivity contribution is -0.167. The minimum Gasteiger partial charge on any atom is -0.462 e. The van der Waals surface area contributed by atoms with Crippen molar-refractivity contribution in [1.82, 2.24) is 0 Å². The van der Waals surface area contributed by atoms with Crippen molar-refractivity contribution in [1.29, 1.82) is 0 Å². The van der Waals surface area contributed by atoms with Crippen LogP contribution in [0.25, 0.3) is 0 Å². The van der Waals surface area contributed by atoms with E-state index < -0.39 is 6.10 Å². The lowest BCUT2D eigenvalue weighted by atomic mass is 9.99. The molecule has 0 heterocycles. The number of hydrogen-bond acceptors (Lipinski definition) is 6. The molecule has 0 aromatic heterocycles. The van der Waals surface area contributed by atoms with Crippen LogP contribution in [0.5, 0.6) is 0 Å².